The second-order valence-electron chi connectivity index (χ2n) is 9.51. The van der Waals surface area contributed by atoms with Gasteiger partial charge in [0.2, 0.25) is 0 Å². The lowest BCUT2D eigenvalue weighted by molar-refractivity contribution is -0.0236. The lowest BCUT2D eigenvalue weighted by atomic mass is 10.2. The Morgan fingerprint density at radius 2 is 0.842 bits per heavy atom. The van der Waals surface area contributed by atoms with Crippen molar-refractivity contribution in [1.29, 1.82) is 0 Å². The zero-order chi connectivity index (χ0) is 28.2. The number of nitrogens with zero attached hydrogens (tertiary/aromatic N) is 1. The molecular formula is C27H55NO10. The number of carbonyl (C=O) groups is 1. The third-order valence-corrected chi connectivity index (χ3v) is 4.77. The fourth-order valence-electron chi connectivity index (χ4n) is 2.73. The fraction of sp³-hybridized carbons (Fsp3) is 0.963. The highest BCUT2D eigenvalue weighted by molar-refractivity contribution is 5.67. The summed E-state index contributed by atoms with van der Waals surface area (Å²) < 4.78 is 49.0. The predicted octanol–water partition coefficient (Wildman–Crippen LogP) is 3.18. The quantitative estimate of drug-likeness (QED) is 0.134. The molecule has 1 amide bonds. The standard InChI is InChI=1S/C27H55NO10/c1-6-7-8-10-30-12-14-32-16-18-34-20-22-36-24-25-37-23-21-35-19-17-33-15-13-31-11-9-28(5)26(29)38-27(2,3)4/h6-25H2,1-5H3. The van der Waals surface area contributed by atoms with Gasteiger partial charge in [-0.1, -0.05) is 19.8 Å². The number of carbonyl (C=O) groups excluding carboxylic acids is 1. The van der Waals surface area contributed by atoms with Crippen LogP contribution in [0.15, 0.2) is 0 Å². The second-order valence-corrected chi connectivity index (χ2v) is 9.51. The molecule has 0 spiro atoms. The third-order valence-electron chi connectivity index (χ3n) is 4.77. The molecule has 0 aromatic heterocycles. The largest absolute Gasteiger partial charge is 0.444 e. The molecule has 0 aliphatic carbocycles. The number of rotatable bonds is 28. The van der Waals surface area contributed by atoms with E-state index in [0.29, 0.717) is 106 Å². The van der Waals surface area contributed by atoms with E-state index in [0.717, 1.165) is 13.0 Å². The van der Waals surface area contributed by atoms with Crippen LogP contribution < -0.4 is 0 Å². The van der Waals surface area contributed by atoms with Crippen molar-refractivity contribution in [3.8, 4) is 0 Å². The van der Waals surface area contributed by atoms with Gasteiger partial charge in [0.1, 0.15) is 5.60 Å². The zero-order valence-electron chi connectivity index (χ0n) is 24.7. The van der Waals surface area contributed by atoms with E-state index >= 15 is 0 Å². The van der Waals surface area contributed by atoms with Gasteiger partial charge in [-0.25, -0.2) is 4.79 Å². The molecule has 0 aromatic carbocycles. The molecule has 0 unspecified atom stereocenters. The van der Waals surface area contributed by atoms with Crippen LogP contribution in [0.2, 0.25) is 0 Å². The molecule has 228 valence electrons. The first-order valence-electron chi connectivity index (χ1n) is 13.9. The molecule has 0 saturated carbocycles. The molecule has 38 heavy (non-hydrogen) atoms. The topological polar surface area (TPSA) is 103 Å². The van der Waals surface area contributed by atoms with E-state index in [4.69, 9.17) is 42.6 Å². The van der Waals surface area contributed by atoms with Crippen molar-refractivity contribution >= 4 is 6.09 Å². The smallest absolute Gasteiger partial charge is 0.410 e. The minimum absolute atomic E-state index is 0.358. The zero-order valence-corrected chi connectivity index (χ0v) is 24.7. The molecule has 11 nitrogen and oxygen atoms in total. The maximum atomic E-state index is 11.8. The highest BCUT2D eigenvalue weighted by atomic mass is 16.6. The Bertz CT molecular complexity index is 505. The van der Waals surface area contributed by atoms with E-state index in [-0.39, 0.29) is 6.09 Å². The molecule has 0 aliphatic rings. The van der Waals surface area contributed by atoms with E-state index in [1.165, 1.54) is 17.7 Å². The summed E-state index contributed by atoms with van der Waals surface area (Å²) in [4.78, 5) is 13.3. The summed E-state index contributed by atoms with van der Waals surface area (Å²) >= 11 is 0. The number of hydrogen-bond donors (Lipinski definition) is 0. The van der Waals surface area contributed by atoms with Crippen molar-refractivity contribution in [2.45, 2.75) is 52.6 Å². The van der Waals surface area contributed by atoms with E-state index in [1.807, 2.05) is 20.8 Å². The Labute approximate surface area is 230 Å². The molecule has 0 heterocycles. The monoisotopic (exact) mass is 553 g/mol. The molecule has 0 aromatic rings. The Balaban J connectivity index is 3.16. The van der Waals surface area contributed by atoms with Crippen LogP contribution in [0, 0.1) is 0 Å². The predicted molar refractivity (Wildman–Crippen MR) is 145 cm³/mol. The maximum Gasteiger partial charge on any atom is 0.410 e. The van der Waals surface area contributed by atoms with Gasteiger partial charge in [0.15, 0.2) is 0 Å². The Morgan fingerprint density at radius 1 is 0.526 bits per heavy atom. The second kappa shape index (κ2) is 27.5. The number of unbranched alkanes of at least 4 members (excludes halogenated alkanes) is 2. The minimum Gasteiger partial charge on any atom is -0.444 e. The van der Waals surface area contributed by atoms with E-state index in [1.54, 1.807) is 7.05 Å². The molecule has 0 aliphatic heterocycles. The Hall–Kier alpha value is -1.05. The van der Waals surface area contributed by atoms with Gasteiger partial charge in [-0.15, -0.1) is 0 Å². The number of hydrogen-bond acceptors (Lipinski definition) is 10. The van der Waals surface area contributed by atoms with E-state index in [2.05, 4.69) is 6.92 Å². The molecule has 0 N–H and O–H groups in total. The van der Waals surface area contributed by atoms with Crippen LogP contribution in [-0.4, -0.2) is 136 Å². The van der Waals surface area contributed by atoms with Crippen LogP contribution in [0.1, 0.15) is 47.0 Å². The number of amides is 1. The molecular weight excluding hydrogens is 498 g/mol. The van der Waals surface area contributed by atoms with E-state index < -0.39 is 5.60 Å². The minimum atomic E-state index is -0.502. The van der Waals surface area contributed by atoms with Gasteiger partial charge in [-0.3, -0.25) is 0 Å². The fourth-order valence-corrected chi connectivity index (χ4v) is 2.73. The summed E-state index contributed by atoms with van der Waals surface area (Å²) in [5.74, 6) is 0. The Morgan fingerprint density at radius 3 is 1.16 bits per heavy atom. The first-order valence-corrected chi connectivity index (χ1v) is 13.9. The van der Waals surface area contributed by atoms with Gasteiger partial charge >= 0.3 is 6.09 Å². The molecule has 0 fully saturated rings. The van der Waals surface area contributed by atoms with Gasteiger partial charge in [0, 0.05) is 20.2 Å². The first-order chi connectivity index (χ1) is 18.4. The van der Waals surface area contributed by atoms with Gasteiger partial charge in [0.25, 0.3) is 0 Å². The number of likely N-dealkylation sites (N-methyl/N-ethyl adjacent to an activating group) is 1. The van der Waals surface area contributed by atoms with Crippen LogP contribution in [0.25, 0.3) is 0 Å². The lowest BCUT2D eigenvalue weighted by Crippen LogP contribution is -2.36. The van der Waals surface area contributed by atoms with Gasteiger partial charge in [-0.2, -0.15) is 0 Å². The molecule has 0 rings (SSSR count). The molecule has 0 bridgehead atoms. The SMILES string of the molecule is CCCCCOCCOCCOCCOCCOCCOCCOCCOCCN(C)C(=O)OC(C)(C)C. The summed E-state index contributed by atoms with van der Waals surface area (Å²) in [6.07, 6.45) is 3.18. The van der Waals surface area contributed by atoms with Crippen molar-refractivity contribution in [3.63, 3.8) is 0 Å². The van der Waals surface area contributed by atoms with Crippen molar-refractivity contribution in [2.75, 3.05) is 119 Å². The van der Waals surface area contributed by atoms with Crippen LogP contribution in [-0.2, 0) is 42.6 Å². The van der Waals surface area contributed by atoms with Crippen LogP contribution >= 0.6 is 0 Å². The van der Waals surface area contributed by atoms with Gasteiger partial charge in [0.05, 0.1) is 99.1 Å². The molecule has 0 saturated heterocycles. The summed E-state index contributed by atoms with van der Waals surface area (Å²) in [6.45, 7) is 16.8. The average Bonchev–Trinajstić information content (AvgIpc) is 2.87. The summed E-state index contributed by atoms with van der Waals surface area (Å²) in [6, 6.07) is 0. The normalized spacial score (nSPS) is 11.7. The van der Waals surface area contributed by atoms with Crippen LogP contribution in [0.3, 0.4) is 0 Å². The highest BCUT2D eigenvalue weighted by Crippen LogP contribution is 2.08. The van der Waals surface area contributed by atoms with Crippen LogP contribution in [0.5, 0.6) is 0 Å². The first kappa shape index (κ1) is 37.0. The average molecular weight is 554 g/mol. The molecule has 0 atom stereocenters. The maximum absolute atomic E-state index is 11.8. The van der Waals surface area contributed by atoms with Gasteiger partial charge in [-0.05, 0) is 27.2 Å². The van der Waals surface area contributed by atoms with Crippen molar-refractivity contribution in [2.24, 2.45) is 0 Å². The van der Waals surface area contributed by atoms with Crippen molar-refractivity contribution in [3.05, 3.63) is 0 Å². The lowest BCUT2D eigenvalue weighted by Gasteiger charge is -2.24. The number of ether oxygens (including phenoxy) is 9. The highest BCUT2D eigenvalue weighted by Gasteiger charge is 2.19. The van der Waals surface area contributed by atoms with E-state index in [9.17, 15) is 4.79 Å². The molecule has 11 heteroatoms. The molecule has 0 radical (unpaired) electrons. The van der Waals surface area contributed by atoms with Crippen molar-refractivity contribution < 1.29 is 47.4 Å². The summed E-state index contributed by atoms with van der Waals surface area (Å²) in [5.41, 5.74) is -0.502. The van der Waals surface area contributed by atoms with Crippen molar-refractivity contribution in [1.82, 2.24) is 4.90 Å². The van der Waals surface area contributed by atoms with Crippen LogP contribution in [0.4, 0.5) is 4.79 Å². The Kier molecular flexibility index (Phi) is 26.8. The summed E-state index contributed by atoms with van der Waals surface area (Å²) in [5, 5.41) is 0. The van der Waals surface area contributed by atoms with Gasteiger partial charge < -0.3 is 47.5 Å². The third kappa shape index (κ3) is 29.5. The summed E-state index contributed by atoms with van der Waals surface area (Å²) in [7, 11) is 1.69.